The van der Waals surface area contributed by atoms with Gasteiger partial charge in [0.1, 0.15) is 0 Å². The number of benzene rings is 1. The van der Waals surface area contributed by atoms with Crippen LogP contribution in [-0.2, 0) is 19.6 Å². The van der Waals surface area contributed by atoms with Gasteiger partial charge < -0.3 is 15.0 Å². The van der Waals surface area contributed by atoms with Crippen LogP contribution in [-0.4, -0.2) is 81.4 Å². The first-order valence-corrected chi connectivity index (χ1v) is 9.53. The lowest BCUT2D eigenvalue weighted by Gasteiger charge is -2.34. The van der Waals surface area contributed by atoms with Crippen molar-refractivity contribution < 1.29 is 22.9 Å². The molecule has 1 fully saturated rings. The Kier molecular flexibility index (Phi) is 7.03. The molecule has 1 N–H and O–H groups in total. The van der Waals surface area contributed by atoms with Gasteiger partial charge in [-0.25, -0.2) is 8.42 Å². The highest BCUT2D eigenvalue weighted by Crippen LogP contribution is 2.26. The fourth-order valence-corrected chi connectivity index (χ4v) is 4.20. The third-order valence-electron chi connectivity index (χ3n) is 4.03. The highest BCUT2D eigenvalue weighted by Gasteiger charge is 2.34. The van der Waals surface area contributed by atoms with Crippen LogP contribution in [0.1, 0.15) is 0 Å². The standard InChI is InChI=1S/C15H22N4O6S/c1-25-11-6-16-12-15(20)17-7-9-18(10-8-17)26(23,24)14-5-3-2-4-13(14)19(21)22/h2-5,16H,6-12H2,1H3. The van der Waals surface area contributed by atoms with E-state index in [1.807, 2.05) is 0 Å². The fraction of sp³-hybridized carbons (Fsp3) is 0.533. The summed E-state index contributed by atoms with van der Waals surface area (Å²) in [5.41, 5.74) is -0.451. The maximum Gasteiger partial charge on any atom is 0.289 e. The number of carbonyl (C=O) groups is 1. The predicted molar refractivity (Wildman–Crippen MR) is 93.2 cm³/mol. The Morgan fingerprint density at radius 2 is 1.92 bits per heavy atom. The summed E-state index contributed by atoms with van der Waals surface area (Å²) < 4.78 is 31.5. The summed E-state index contributed by atoms with van der Waals surface area (Å²) >= 11 is 0. The number of rotatable bonds is 8. The number of ether oxygens (including phenoxy) is 1. The molecule has 1 aromatic rings. The molecule has 0 unspecified atom stereocenters. The number of nitrogens with one attached hydrogen (secondary N) is 1. The van der Waals surface area contributed by atoms with Crippen LogP contribution in [0.4, 0.5) is 5.69 Å². The Hall–Kier alpha value is -2.08. The van der Waals surface area contributed by atoms with Crippen LogP contribution < -0.4 is 5.32 Å². The summed E-state index contributed by atoms with van der Waals surface area (Å²) in [4.78, 5) is 23.7. The normalized spacial score (nSPS) is 15.8. The molecule has 0 aromatic heterocycles. The van der Waals surface area contributed by atoms with Crippen LogP contribution >= 0.6 is 0 Å². The third kappa shape index (κ3) is 4.75. The molecule has 0 radical (unpaired) electrons. The van der Waals surface area contributed by atoms with Gasteiger partial charge in [0.15, 0.2) is 4.90 Å². The third-order valence-corrected chi connectivity index (χ3v) is 5.98. The van der Waals surface area contributed by atoms with Crippen molar-refractivity contribution in [1.29, 1.82) is 0 Å². The minimum Gasteiger partial charge on any atom is -0.383 e. The van der Waals surface area contributed by atoms with Gasteiger partial charge in [0.2, 0.25) is 15.9 Å². The van der Waals surface area contributed by atoms with Gasteiger partial charge in [0, 0.05) is 45.9 Å². The monoisotopic (exact) mass is 386 g/mol. The Morgan fingerprint density at radius 1 is 1.27 bits per heavy atom. The molecule has 0 atom stereocenters. The van der Waals surface area contributed by atoms with Crippen molar-refractivity contribution >= 4 is 21.6 Å². The van der Waals surface area contributed by atoms with E-state index in [1.165, 1.54) is 28.6 Å². The lowest BCUT2D eigenvalue weighted by atomic mass is 10.3. The van der Waals surface area contributed by atoms with Gasteiger partial charge in [-0.15, -0.1) is 0 Å². The van der Waals surface area contributed by atoms with Gasteiger partial charge in [0.25, 0.3) is 5.69 Å². The first-order chi connectivity index (χ1) is 12.4. The van der Waals surface area contributed by atoms with E-state index >= 15 is 0 Å². The summed E-state index contributed by atoms with van der Waals surface area (Å²) in [6.45, 7) is 1.87. The molecular formula is C15H22N4O6S. The second-order valence-electron chi connectivity index (χ2n) is 5.68. The smallest absolute Gasteiger partial charge is 0.289 e. The second-order valence-corrected chi connectivity index (χ2v) is 7.59. The van der Waals surface area contributed by atoms with E-state index in [9.17, 15) is 23.3 Å². The Balaban J connectivity index is 1.99. The Bertz CT molecular complexity index is 746. The van der Waals surface area contributed by atoms with Crippen LogP contribution in [0.5, 0.6) is 0 Å². The molecule has 1 saturated heterocycles. The van der Waals surface area contributed by atoms with E-state index in [0.717, 1.165) is 0 Å². The zero-order valence-electron chi connectivity index (χ0n) is 14.5. The number of piperazine rings is 1. The number of amides is 1. The number of nitro benzene ring substituents is 1. The molecule has 26 heavy (non-hydrogen) atoms. The molecule has 0 spiro atoms. The molecule has 1 heterocycles. The van der Waals surface area contributed by atoms with Gasteiger partial charge in [-0.1, -0.05) is 12.1 Å². The number of nitro groups is 1. The SMILES string of the molecule is COCCNCC(=O)N1CCN(S(=O)(=O)c2ccccc2[N+](=O)[O-])CC1. The van der Waals surface area contributed by atoms with E-state index in [1.54, 1.807) is 12.0 Å². The second kappa shape index (κ2) is 9.03. The van der Waals surface area contributed by atoms with E-state index in [-0.39, 0.29) is 43.5 Å². The highest BCUT2D eigenvalue weighted by atomic mass is 32.2. The summed E-state index contributed by atoms with van der Waals surface area (Å²) in [7, 11) is -2.42. The summed E-state index contributed by atoms with van der Waals surface area (Å²) in [5, 5.41) is 14.0. The van der Waals surface area contributed by atoms with Crippen molar-refractivity contribution in [3.05, 3.63) is 34.4 Å². The number of nitrogens with zero attached hydrogens (tertiary/aromatic N) is 3. The molecule has 0 saturated carbocycles. The topological polar surface area (TPSA) is 122 Å². The summed E-state index contributed by atoms with van der Waals surface area (Å²) in [6, 6.07) is 5.26. The average Bonchev–Trinajstić information content (AvgIpc) is 2.65. The van der Waals surface area contributed by atoms with Crippen LogP contribution in [0, 0.1) is 10.1 Å². The summed E-state index contributed by atoms with van der Waals surface area (Å²) in [5.74, 6) is -0.121. The maximum absolute atomic E-state index is 12.7. The van der Waals surface area contributed by atoms with Gasteiger partial charge in [-0.2, -0.15) is 4.31 Å². The van der Waals surface area contributed by atoms with E-state index in [2.05, 4.69) is 5.32 Å². The number of hydrogen-bond acceptors (Lipinski definition) is 7. The molecule has 0 aliphatic carbocycles. The molecule has 1 aliphatic heterocycles. The van der Waals surface area contributed by atoms with Crippen molar-refractivity contribution in [2.75, 3.05) is 53.0 Å². The average molecular weight is 386 g/mol. The molecule has 11 heteroatoms. The van der Waals surface area contributed by atoms with Crippen molar-refractivity contribution in [3.63, 3.8) is 0 Å². The van der Waals surface area contributed by atoms with Gasteiger partial charge in [0.05, 0.1) is 18.1 Å². The molecule has 1 aromatic carbocycles. The van der Waals surface area contributed by atoms with Crippen molar-refractivity contribution in [2.45, 2.75) is 4.90 Å². The molecule has 1 amide bonds. The van der Waals surface area contributed by atoms with Gasteiger partial charge in [-0.3, -0.25) is 14.9 Å². The van der Waals surface area contributed by atoms with Crippen LogP contribution in [0.3, 0.4) is 0 Å². The predicted octanol–water partition coefficient (Wildman–Crippen LogP) is -0.336. The molecule has 0 bridgehead atoms. The van der Waals surface area contributed by atoms with Crippen molar-refractivity contribution in [1.82, 2.24) is 14.5 Å². The van der Waals surface area contributed by atoms with Gasteiger partial charge in [-0.05, 0) is 6.07 Å². The zero-order valence-corrected chi connectivity index (χ0v) is 15.3. The molecule has 2 rings (SSSR count). The van der Waals surface area contributed by atoms with Crippen LogP contribution in [0.25, 0.3) is 0 Å². The Morgan fingerprint density at radius 3 is 2.54 bits per heavy atom. The number of carbonyl (C=O) groups excluding carboxylic acids is 1. The van der Waals surface area contributed by atoms with Crippen LogP contribution in [0.2, 0.25) is 0 Å². The lowest BCUT2D eigenvalue weighted by molar-refractivity contribution is -0.387. The molecule has 144 valence electrons. The number of methoxy groups -OCH3 is 1. The zero-order chi connectivity index (χ0) is 19.2. The molecule has 10 nitrogen and oxygen atoms in total. The van der Waals surface area contributed by atoms with E-state index < -0.39 is 20.6 Å². The fourth-order valence-electron chi connectivity index (χ4n) is 2.62. The van der Waals surface area contributed by atoms with Gasteiger partial charge >= 0.3 is 0 Å². The van der Waals surface area contributed by atoms with Crippen LogP contribution in [0.15, 0.2) is 29.2 Å². The number of hydrogen-bond donors (Lipinski definition) is 1. The Labute approximate surface area is 151 Å². The van der Waals surface area contributed by atoms with E-state index in [4.69, 9.17) is 4.74 Å². The molecule has 1 aliphatic rings. The first-order valence-electron chi connectivity index (χ1n) is 8.09. The minimum atomic E-state index is -3.99. The van der Waals surface area contributed by atoms with Crippen molar-refractivity contribution in [3.8, 4) is 0 Å². The first kappa shape index (κ1) is 20.2. The highest BCUT2D eigenvalue weighted by molar-refractivity contribution is 7.89. The quantitative estimate of drug-likeness (QED) is 0.368. The largest absolute Gasteiger partial charge is 0.383 e. The lowest BCUT2D eigenvalue weighted by Crippen LogP contribution is -2.52. The number of sulfonamides is 1. The van der Waals surface area contributed by atoms with E-state index in [0.29, 0.717) is 13.2 Å². The van der Waals surface area contributed by atoms with Crippen molar-refractivity contribution in [2.24, 2.45) is 0 Å². The minimum absolute atomic E-state index is 0.0954. The maximum atomic E-state index is 12.7. The molecular weight excluding hydrogens is 364 g/mol. The summed E-state index contributed by atoms with van der Waals surface area (Å²) in [6.07, 6.45) is 0. The number of para-hydroxylation sites is 1.